The van der Waals surface area contributed by atoms with Crippen molar-refractivity contribution < 1.29 is 19.1 Å². The van der Waals surface area contributed by atoms with Crippen molar-refractivity contribution in [2.45, 2.75) is 39.2 Å². The maximum absolute atomic E-state index is 12.6. The normalized spacial score (nSPS) is 15.8. The Morgan fingerprint density at radius 1 is 1.15 bits per heavy atom. The summed E-state index contributed by atoms with van der Waals surface area (Å²) in [4.78, 5) is 26.2. The van der Waals surface area contributed by atoms with Crippen LogP contribution in [0.15, 0.2) is 12.1 Å². The third-order valence-corrected chi connectivity index (χ3v) is 4.60. The summed E-state index contributed by atoms with van der Waals surface area (Å²) < 4.78 is 10.8. The van der Waals surface area contributed by atoms with Crippen molar-refractivity contribution in [2.75, 3.05) is 33.9 Å². The number of hydrogen-bond donors (Lipinski definition) is 2. The number of fused-ring (bicyclic) bond motifs is 1. The van der Waals surface area contributed by atoms with E-state index in [1.165, 1.54) is 0 Å². The largest absolute Gasteiger partial charge is 0.493 e. The van der Waals surface area contributed by atoms with Crippen LogP contribution in [0, 0.1) is 0 Å². The second-order valence-corrected chi connectivity index (χ2v) is 6.25. The van der Waals surface area contributed by atoms with E-state index in [-0.39, 0.29) is 18.0 Å². The fourth-order valence-corrected chi connectivity index (χ4v) is 3.16. The fraction of sp³-hybridized carbons (Fsp3) is 0.579. The Bertz CT molecular complexity index is 648. The van der Waals surface area contributed by atoms with Gasteiger partial charge in [0.1, 0.15) is 0 Å². The van der Waals surface area contributed by atoms with Gasteiger partial charge >= 0.3 is 6.03 Å². The quantitative estimate of drug-likeness (QED) is 0.779. The number of amides is 3. The molecule has 2 N–H and O–H groups in total. The number of nitrogens with one attached hydrogen (secondary N) is 2. The lowest BCUT2D eigenvalue weighted by atomic mass is 9.91. The Balaban J connectivity index is 2.35. The summed E-state index contributed by atoms with van der Waals surface area (Å²) in [7, 11) is 3.20. The predicted octanol–water partition coefficient (Wildman–Crippen LogP) is 2.25. The minimum atomic E-state index is -0.245. The van der Waals surface area contributed by atoms with Crippen LogP contribution in [0.25, 0.3) is 0 Å². The first kappa shape index (κ1) is 19.9. The van der Waals surface area contributed by atoms with Gasteiger partial charge in [0.05, 0.1) is 20.3 Å². The summed E-state index contributed by atoms with van der Waals surface area (Å²) >= 11 is 0. The van der Waals surface area contributed by atoms with E-state index in [1.54, 1.807) is 19.1 Å². The van der Waals surface area contributed by atoms with E-state index in [2.05, 4.69) is 10.6 Å². The number of urea groups is 1. The number of nitrogens with zero attached hydrogens (tertiary/aromatic N) is 1. The van der Waals surface area contributed by atoms with Crippen LogP contribution in [-0.2, 0) is 11.2 Å². The van der Waals surface area contributed by atoms with E-state index in [9.17, 15) is 9.59 Å². The summed E-state index contributed by atoms with van der Waals surface area (Å²) in [5, 5.41) is 5.85. The molecule has 2 rings (SSSR count). The van der Waals surface area contributed by atoms with Gasteiger partial charge in [-0.2, -0.15) is 0 Å². The zero-order chi connectivity index (χ0) is 19.1. The minimum absolute atomic E-state index is 0.0356. The molecule has 1 atom stereocenters. The van der Waals surface area contributed by atoms with Crippen LogP contribution >= 0.6 is 0 Å². The van der Waals surface area contributed by atoms with Crippen LogP contribution in [0.4, 0.5) is 4.79 Å². The molecule has 3 amide bonds. The number of benzene rings is 1. The maximum Gasteiger partial charge on any atom is 0.317 e. The van der Waals surface area contributed by atoms with E-state index in [1.807, 2.05) is 26.0 Å². The number of ether oxygens (including phenoxy) is 2. The van der Waals surface area contributed by atoms with Crippen LogP contribution in [-0.4, -0.2) is 50.7 Å². The first-order valence-corrected chi connectivity index (χ1v) is 9.11. The molecule has 0 unspecified atom stereocenters. The highest BCUT2D eigenvalue weighted by molar-refractivity contribution is 5.77. The molecule has 0 spiro atoms. The number of hydrogen-bond acceptors (Lipinski definition) is 4. The first-order valence-electron chi connectivity index (χ1n) is 9.11. The highest BCUT2D eigenvalue weighted by Gasteiger charge is 2.32. The molecule has 0 fully saturated rings. The maximum atomic E-state index is 12.6. The molecule has 0 aliphatic carbocycles. The van der Waals surface area contributed by atoms with Crippen molar-refractivity contribution >= 4 is 11.9 Å². The molecule has 0 saturated carbocycles. The number of carbonyl (C=O) groups excluding carboxylic acids is 2. The molecule has 1 heterocycles. The fourth-order valence-electron chi connectivity index (χ4n) is 3.16. The Hall–Kier alpha value is -2.44. The highest BCUT2D eigenvalue weighted by atomic mass is 16.5. The zero-order valence-corrected chi connectivity index (χ0v) is 16.1. The summed E-state index contributed by atoms with van der Waals surface area (Å²) in [5.41, 5.74) is 2.09. The monoisotopic (exact) mass is 363 g/mol. The summed E-state index contributed by atoms with van der Waals surface area (Å²) in [6, 6.07) is 3.52. The van der Waals surface area contributed by atoms with Gasteiger partial charge in [0.25, 0.3) is 0 Å². The Morgan fingerprint density at radius 3 is 2.46 bits per heavy atom. The standard InChI is InChI=1S/C19H29N3O4/c1-5-8-20-19(24)22-9-7-13-10-16(25-3)17(26-4)11-14(13)15(22)12-21-18(23)6-2/h10-11,15H,5-9,12H2,1-4H3,(H,20,24)(H,21,23)/t15-/m0/s1. The average Bonchev–Trinajstić information content (AvgIpc) is 2.68. The molecule has 1 aliphatic heterocycles. The van der Waals surface area contributed by atoms with Gasteiger partial charge in [-0.1, -0.05) is 13.8 Å². The molecule has 0 saturated heterocycles. The van der Waals surface area contributed by atoms with Gasteiger partial charge in [0, 0.05) is 26.1 Å². The van der Waals surface area contributed by atoms with Crippen molar-refractivity contribution in [3.05, 3.63) is 23.3 Å². The van der Waals surface area contributed by atoms with Crippen molar-refractivity contribution in [3.8, 4) is 11.5 Å². The van der Waals surface area contributed by atoms with Crippen LogP contribution in [0.5, 0.6) is 11.5 Å². The van der Waals surface area contributed by atoms with Gasteiger partial charge in [-0.15, -0.1) is 0 Å². The van der Waals surface area contributed by atoms with Crippen molar-refractivity contribution in [1.82, 2.24) is 15.5 Å². The van der Waals surface area contributed by atoms with E-state index in [0.717, 1.165) is 24.0 Å². The second kappa shape index (κ2) is 9.31. The summed E-state index contributed by atoms with van der Waals surface area (Å²) in [5.74, 6) is 1.26. The second-order valence-electron chi connectivity index (χ2n) is 6.25. The molecule has 1 aromatic carbocycles. The van der Waals surface area contributed by atoms with E-state index < -0.39 is 0 Å². The van der Waals surface area contributed by atoms with Gasteiger partial charge in [0.2, 0.25) is 5.91 Å². The van der Waals surface area contributed by atoms with E-state index in [0.29, 0.717) is 37.6 Å². The average molecular weight is 363 g/mol. The molecule has 0 bridgehead atoms. The lowest BCUT2D eigenvalue weighted by Crippen LogP contribution is -2.49. The van der Waals surface area contributed by atoms with Crippen molar-refractivity contribution in [2.24, 2.45) is 0 Å². The van der Waals surface area contributed by atoms with Crippen molar-refractivity contribution in [1.29, 1.82) is 0 Å². The minimum Gasteiger partial charge on any atom is -0.493 e. The smallest absolute Gasteiger partial charge is 0.317 e. The third-order valence-electron chi connectivity index (χ3n) is 4.60. The zero-order valence-electron chi connectivity index (χ0n) is 16.1. The molecule has 7 nitrogen and oxygen atoms in total. The van der Waals surface area contributed by atoms with Gasteiger partial charge in [0.15, 0.2) is 11.5 Å². The Kier molecular flexibility index (Phi) is 7.12. The first-order chi connectivity index (χ1) is 12.5. The van der Waals surface area contributed by atoms with Crippen LogP contribution < -0.4 is 20.1 Å². The Morgan fingerprint density at radius 2 is 1.85 bits per heavy atom. The van der Waals surface area contributed by atoms with Crippen LogP contribution in [0.3, 0.4) is 0 Å². The number of methoxy groups -OCH3 is 2. The van der Waals surface area contributed by atoms with Crippen LogP contribution in [0.2, 0.25) is 0 Å². The molecular weight excluding hydrogens is 334 g/mol. The molecule has 1 aromatic rings. The SMILES string of the molecule is CCCNC(=O)N1CCc2cc(OC)c(OC)cc2[C@@H]1CNC(=O)CC. The Labute approximate surface area is 155 Å². The molecule has 0 radical (unpaired) electrons. The number of rotatable bonds is 7. The molecule has 0 aromatic heterocycles. The number of carbonyl (C=O) groups is 2. The van der Waals surface area contributed by atoms with Gasteiger partial charge in [-0.25, -0.2) is 4.79 Å². The molecular formula is C19H29N3O4. The van der Waals surface area contributed by atoms with E-state index in [4.69, 9.17) is 9.47 Å². The molecule has 26 heavy (non-hydrogen) atoms. The summed E-state index contributed by atoms with van der Waals surface area (Å²) in [6.07, 6.45) is 2.01. The highest BCUT2D eigenvalue weighted by Crippen LogP contribution is 2.37. The lowest BCUT2D eigenvalue weighted by Gasteiger charge is -2.37. The van der Waals surface area contributed by atoms with Crippen LogP contribution in [0.1, 0.15) is 43.9 Å². The summed E-state index contributed by atoms with van der Waals surface area (Å²) in [6.45, 7) is 5.41. The molecule has 144 valence electrons. The topological polar surface area (TPSA) is 79.9 Å². The van der Waals surface area contributed by atoms with Crippen molar-refractivity contribution in [3.63, 3.8) is 0 Å². The lowest BCUT2D eigenvalue weighted by molar-refractivity contribution is -0.121. The third kappa shape index (κ3) is 4.39. The van der Waals surface area contributed by atoms with Gasteiger partial charge in [-0.05, 0) is 36.1 Å². The molecule has 7 heteroatoms. The van der Waals surface area contributed by atoms with Gasteiger partial charge in [-0.3, -0.25) is 4.79 Å². The molecule has 1 aliphatic rings. The van der Waals surface area contributed by atoms with Gasteiger partial charge < -0.3 is 25.0 Å². The van der Waals surface area contributed by atoms with E-state index >= 15 is 0 Å². The predicted molar refractivity (Wildman–Crippen MR) is 99.7 cm³/mol.